The van der Waals surface area contributed by atoms with E-state index < -0.39 is 0 Å². The standard InChI is InChI=1S/C5H12O.Ti/c1-5(2)3-4-6;/h5-6H,3-4H2,1-2H3;. The van der Waals surface area contributed by atoms with Crippen molar-refractivity contribution in [2.45, 2.75) is 20.3 Å². The topological polar surface area (TPSA) is 20.2 Å². The maximum absolute atomic E-state index is 8.24. The molecule has 2 heteroatoms. The maximum Gasteiger partial charge on any atom is 0.0433 e. The Morgan fingerprint density at radius 1 is 1.43 bits per heavy atom. The van der Waals surface area contributed by atoms with Crippen LogP contribution in [0.15, 0.2) is 0 Å². The van der Waals surface area contributed by atoms with Gasteiger partial charge in [-0.3, -0.25) is 0 Å². The third-order valence-corrected chi connectivity index (χ3v) is 0.706. The van der Waals surface area contributed by atoms with Crippen LogP contribution in [0.2, 0.25) is 0 Å². The monoisotopic (exact) mass is 136 g/mol. The average molecular weight is 136 g/mol. The summed E-state index contributed by atoms with van der Waals surface area (Å²) in [5, 5.41) is 8.24. The van der Waals surface area contributed by atoms with Gasteiger partial charge >= 0.3 is 0 Å². The van der Waals surface area contributed by atoms with E-state index >= 15 is 0 Å². The summed E-state index contributed by atoms with van der Waals surface area (Å²) in [6.07, 6.45) is 0.931. The molecule has 0 aromatic heterocycles. The van der Waals surface area contributed by atoms with E-state index in [1.165, 1.54) is 0 Å². The van der Waals surface area contributed by atoms with Gasteiger partial charge in [0.2, 0.25) is 0 Å². The van der Waals surface area contributed by atoms with Crippen LogP contribution in [0.3, 0.4) is 0 Å². The minimum Gasteiger partial charge on any atom is -0.396 e. The Morgan fingerprint density at radius 2 is 1.86 bits per heavy atom. The summed E-state index contributed by atoms with van der Waals surface area (Å²) in [6.45, 7) is 4.52. The molecule has 0 saturated carbocycles. The van der Waals surface area contributed by atoms with Crippen molar-refractivity contribution in [3.8, 4) is 0 Å². The van der Waals surface area contributed by atoms with Crippen LogP contribution in [-0.2, 0) is 21.7 Å². The SMILES string of the molecule is CC(C)CCO.[Ti]. The van der Waals surface area contributed by atoms with Crippen molar-refractivity contribution in [3.05, 3.63) is 0 Å². The molecule has 0 unspecified atom stereocenters. The summed E-state index contributed by atoms with van der Waals surface area (Å²) in [7, 11) is 0. The Morgan fingerprint density at radius 3 is 1.86 bits per heavy atom. The van der Waals surface area contributed by atoms with E-state index in [1.807, 2.05) is 0 Å². The molecule has 0 fully saturated rings. The Kier molecular flexibility index (Phi) is 10.1. The van der Waals surface area contributed by atoms with Gasteiger partial charge in [0.25, 0.3) is 0 Å². The van der Waals surface area contributed by atoms with Crippen LogP contribution < -0.4 is 0 Å². The van der Waals surface area contributed by atoms with E-state index in [4.69, 9.17) is 5.11 Å². The predicted octanol–water partition coefficient (Wildman–Crippen LogP) is 1.02. The predicted molar refractivity (Wildman–Crippen MR) is 26.5 cm³/mol. The minimum absolute atomic E-state index is 0. The summed E-state index contributed by atoms with van der Waals surface area (Å²) < 4.78 is 0. The molecule has 0 heterocycles. The second kappa shape index (κ2) is 6.67. The molecular formula is C5H12OTi. The Labute approximate surface area is 60.0 Å². The summed E-state index contributed by atoms with van der Waals surface area (Å²) in [5.41, 5.74) is 0. The van der Waals surface area contributed by atoms with Gasteiger partial charge in [-0.25, -0.2) is 0 Å². The summed E-state index contributed by atoms with van der Waals surface area (Å²) in [6, 6.07) is 0. The fourth-order valence-electron chi connectivity index (χ4n) is 0.258. The van der Waals surface area contributed by atoms with E-state index in [1.54, 1.807) is 0 Å². The first kappa shape index (κ1) is 10.6. The van der Waals surface area contributed by atoms with Crippen molar-refractivity contribution in [1.29, 1.82) is 0 Å². The molecule has 0 aliphatic heterocycles. The van der Waals surface area contributed by atoms with E-state index in [0.29, 0.717) is 12.5 Å². The van der Waals surface area contributed by atoms with Crippen LogP contribution >= 0.6 is 0 Å². The average Bonchev–Trinajstić information content (AvgIpc) is 1.35. The number of hydrogen-bond acceptors (Lipinski definition) is 1. The van der Waals surface area contributed by atoms with E-state index in [9.17, 15) is 0 Å². The van der Waals surface area contributed by atoms with Gasteiger partial charge in [0.15, 0.2) is 0 Å². The van der Waals surface area contributed by atoms with Crippen LogP contribution in [0, 0.1) is 5.92 Å². The Balaban J connectivity index is 0. The number of rotatable bonds is 2. The molecule has 1 nitrogen and oxygen atoms in total. The van der Waals surface area contributed by atoms with Crippen LogP contribution in [0.1, 0.15) is 20.3 Å². The van der Waals surface area contributed by atoms with Crippen LogP contribution in [0.4, 0.5) is 0 Å². The van der Waals surface area contributed by atoms with E-state index in [-0.39, 0.29) is 21.7 Å². The van der Waals surface area contributed by atoms with Gasteiger partial charge in [-0.2, -0.15) is 0 Å². The number of aliphatic hydroxyl groups excluding tert-OH is 1. The van der Waals surface area contributed by atoms with Crippen LogP contribution in [0.5, 0.6) is 0 Å². The fourth-order valence-corrected chi connectivity index (χ4v) is 0.258. The smallest absolute Gasteiger partial charge is 0.0433 e. The zero-order valence-corrected chi connectivity index (χ0v) is 6.50. The molecule has 0 rings (SSSR count). The molecule has 0 atom stereocenters. The second-order valence-electron chi connectivity index (χ2n) is 1.91. The van der Waals surface area contributed by atoms with Crippen LogP contribution in [-0.4, -0.2) is 11.7 Å². The molecule has 42 valence electrons. The molecule has 0 spiro atoms. The van der Waals surface area contributed by atoms with Crippen molar-refractivity contribution in [3.63, 3.8) is 0 Å². The molecule has 0 amide bonds. The van der Waals surface area contributed by atoms with Crippen molar-refractivity contribution < 1.29 is 26.8 Å². The van der Waals surface area contributed by atoms with Gasteiger partial charge in [0.05, 0.1) is 0 Å². The number of aliphatic hydroxyl groups is 1. The largest absolute Gasteiger partial charge is 0.396 e. The Bertz CT molecular complexity index is 29.3. The zero-order chi connectivity index (χ0) is 4.99. The molecule has 1 N–H and O–H groups in total. The molecule has 0 radical (unpaired) electrons. The molecule has 0 aromatic carbocycles. The second-order valence-corrected chi connectivity index (χ2v) is 1.91. The van der Waals surface area contributed by atoms with Crippen molar-refractivity contribution >= 4 is 0 Å². The van der Waals surface area contributed by atoms with Gasteiger partial charge in [0.1, 0.15) is 0 Å². The first-order valence-corrected chi connectivity index (χ1v) is 2.38. The van der Waals surface area contributed by atoms with Crippen molar-refractivity contribution in [1.82, 2.24) is 0 Å². The molecule has 0 aliphatic rings. The normalized spacial score (nSPS) is 8.57. The van der Waals surface area contributed by atoms with Gasteiger partial charge < -0.3 is 5.11 Å². The first-order chi connectivity index (χ1) is 2.77. The third kappa shape index (κ3) is 10.8. The minimum atomic E-state index is 0. The van der Waals surface area contributed by atoms with Crippen molar-refractivity contribution in [2.24, 2.45) is 5.92 Å². The van der Waals surface area contributed by atoms with Crippen molar-refractivity contribution in [2.75, 3.05) is 6.61 Å². The molecule has 0 bridgehead atoms. The van der Waals surface area contributed by atoms with Gasteiger partial charge in [0, 0.05) is 28.3 Å². The fraction of sp³-hybridized carbons (Fsp3) is 1.00. The molecule has 0 aromatic rings. The summed E-state index contributed by atoms with van der Waals surface area (Å²) in [4.78, 5) is 0. The summed E-state index contributed by atoms with van der Waals surface area (Å²) >= 11 is 0. The third-order valence-electron chi connectivity index (χ3n) is 0.706. The molecular weight excluding hydrogens is 124 g/mol. The maximum atomic E-state index is 8.24. The van der Waals surface area contributed by atoms with Gasteiger partial charge in [-0.15, -0.1) is 0 Å². The molecule has 0 aliphatic carbocycles. The van der Waals surface area contributed by atoms with E-state index in [0.717, 1.165) is 6.42 Å². The van der Waals surface area contributed by atoms with E-state index in [2.05, 4.69) is 13.8 Å². The summed E-state index contributed by atoms with van der Waals surface area (Å²) in [5.74, 6) is 0.648. The first-order valence-electron chi connectivity index (χ1n) is 2.38. The zero-order valence-electron chi connectivity index (χ0n) is 4.94. The van der Waals surface area contributed by atoms with Gasteiger partial charge in [-0.1, -0.05) is 13.8 Å². The quantitative estimate of drug-likeness (QED) is 0.562. The van der Waals surface area contributed by atoms with Crippen LogP contribution in [0.25, 0.3) is 0 Å². The number of hydrogen-bond donors (Lipinski definition) is 1. The van der Waals surface area contributed by atoms with Gasteiger partial charge in [-0.05, 0) is 12.3 Å². The molecule has 7 heavy (non-hydrogen) atoms. The Hall–Kier alpha value is 0.674. The molecule has 0 saturated heterocycles.